The number of thioether (sulfide) groups is 1. The van der Waals surface area contributed by atoms with Gasteiger partial charge in [0.1, 0.15) is 10.5 Å². The number of fused-ring (bicyclic) bond motifs is 3. The van der Waals surface area contributed by atoms with Crippen molar-refractivity contribution in [2.45, 2.75) is 43.5 Å². The van der Waals surface area contributed by atoms with Crippen LogP contribution in [0.25, 0.3) is 22.1 Å². The molecule has 30 heavy (non-hydrogen) atoms. The highest BCUT2D eigenvalue weighted by Gasteiger charge is 2.22. The average Bonchev–Trinajstić information content (AvgIpc) is 3.29. The fraction of sp³-hybridized carbons (Fsp3) is 0.368. The Labute approximate surface area is 190 Å². The number of hydrogen-bond acceptors (Lipinski definition) is 8. The fourth-order valence-corrected chi connectivity index (χ4v) is 4.94. The molecule has 1 aromatic carbocycles. The molecule has 0 bridgehead atoms. The molecule has 4 aromatic rings. The number of carbonyl (C=O) groups is 1. The van der Waals surface area contributed by atoms with E-state index in [2.05, 4.69) is 46.6 Å². The van der Waals surface area contributed by atoms with E-state index >= 15 is 0 Å². The Kier molecular flexibility index (Phi) is 6.03. The smallest absolute Gasteiger partial charge is 0.239 e. The van der Waals surface area contributed by atoms with Gasteiger partial charge in [-0.25, -0.2) is 4.98 Å². The van der Waals surface area contributed by atoms with Crippen LogP contribution in [0.3, 0.4) is 0 Å². The summed E-state index contributed by atoms with van der Waals surface area (Å²) in [6.07, 6.45) is 0.621. The summed E-state index contributed by atoms with van der Waals surface area (Å²) >= 11 is 6.20. The molecule has 0 aliphatic rings. The zero-order valence-corrected chi connectivity index (χ0v) is 20.1. The van der Waals surface area contributed by atoms with Gasteiger partial charge in [-0.3, -0.25) is 10.1 Å². The number of aryl methyl sites for hydroxylation is 1. The normalized spacial score (nSPS) is 12.7. The molecule has 0 spiro atoms. The Morgan fingerprint density at radius 3 is 2.77 bits per heavy atom. The first-order chi connectivity index (χ1) is 14.4. The van der Waals surface area contributed by atoms with E-state index in [0.29, 0.717) is 16.7 Å². The summed E-state index contributed by atoms with van der Waals surface area (Å²) in [4.78, 5) is 17.4. The highest BCUT2D eigenvalue weighted by atomic mass is 79.9. The minimum atomic E-state index is -0.362. The van der Waals surface area contributed by atoms with Gasteiger partial charge >= 0.3 is 0 Å². The maximum absolute atomic E-state index is 12.8. The van der Waals surface area contributed by atoms with Crippen LogP contribution in [0.2, 0.25) is 0 Å². The maximum Gasteiger partial charge on any atom is 0.239 e. The monoisotopic (exact) mass is 505 g/mol. The average molecular weight is 506 g/mol. The number of anilines is 1. The maximum atomic E-state index is 12.8. The first kappa shape index (κ1) is 21.1. The Hall–Kier alpha value is -2.11. The van der Waals surface area contributed by atoms with Gasteiger partial charge in [0.2, 0.25) is 16.2 Å². The summed E-state index contributed by atoms with van der Waals surface area (Å²) in [6, 6.07) is 6.02. The lowest BCUT2D eigenvalue weighted by atomic mass is 10.2. The van der Waals surface area contributed by atoms with Crippen LogP contribution in [0.4, 0.5) is 5.13 Å². The van der Waals surface area contributed by atoms with E-state index in [4.69, 9.17) is 0 Å². The fourth-order valence-electron chi connectivity index (χ4n) is 3.02. The lowest BCUT2D eigenvalue weighted by Gasteiger charge is -2.11. The van der Waals surface area contributed by atoms with Gasteiger partial charge in [-0.15, -0.1) is 20.4 Å². The minimum Gasteiger partial charge on any atom is -0.327 e. The van der Waals surface area contributed by atoms with Crippen LogP contribution in [0.1, 0.15) is 38.1 Å². The summed E-state index contributed by atoms with van der Waals surface area (Å²) in [7, 11) is 1.95. The molecule has 11 heteroatoms. The van der Waals surface area contributed by atoms with Gasteiger partial charge in [0.15, 0.2) is 5.65 Å². The third kappa shape index (κ3) is 4.06. The van der Waals surface area contributed by atoms with Gasteiger partial charge in [-0.05, 0) is 24.6 Å². The van der Waals surface area contributed by atoms with E-state index < -0.39 is 0 Å². The van der Waals surface area contributed by atoms with Gasteiger partial charge in [0.05, 0.1) is 10.8 Å². The van der Waals surface area contributed by atoms with E-state index in [0.717, 1.165) is 31.5 Å². The molecular formula is C19H20BrN7OS2. The molecular weight excluding hydrogens is 486 g/mol. The van der Waals surface area contributed by atoms with Crippen LogP contribution in [0.5, 0.6) is 0 Å². The number of halogens is 1. The Morgan fingerprint density at radius 2 is 2.07 bits per heavy atom. The molecule has 3 aromatic heterocycles. The number of rotatable bonds is 6. The van der Waals surface area contributed by atoms with Crippen LogP contribution in [0.15, 0.2) is 27.8 Å². The summed E-state index contributed by atoms with van der Waals surface area (Å²) in [5.41, 5.74) is 2.51. The van der Waals surface area contributed by atoms with Crippen LogP contribution in [-0.2, 0) is 11.8 Å². The van der Waals surface area contributed by atoms with Crippen molar-refractivity contribution in [2.24, 2.45) is 7.05 Å². The Balaban J connectivity index is 1.57. The molecule has 0 aliphatic carbocycles. The molecule has 4 rings (SSSR count). The summed E-state index contributed by atoms with van der Waals surface area (Å²) in [5.74, 6) is 0.135. The number of amides is 1. The molecule has 0 radical (unpaired) electrons. The van der Waals surface area contributed by atoms with E-state index in [9.17, 15) is 4.79 Å². The topological polar surface area (TPSA) is 98.5 Å². The molecule has 156 valence electrons. The van der Waals surface area contributed by atoms with Crippen LogP contribution in [-0.4, -0.2) is 41.1 Å². The molecule has 1 N–H and O–H groups in total. The van der Waals surface area contributed by atoms with Crippen molar-refractivity contribution < 1.29 is 4.79 Å². The Morgan fingerprint density at radius 1 is 1.27 bits per heavy atom. The van der Waals surface area contributed by atoms with Gasteiger partial charge in [-0.2, -0.15) is 0 Å². The van der Waals surface area contributed by atoms with E-state index in [1.165, 1.54) is 23.1 Å². The van der Waals surface area contributed by atoms with Crippen molar-refractivity contribution in [3.63, 3.8) is 0 Å². The van der Waals surface area contributed by atoms with E-state index in [1.807, 2.05) is 50.6 Å². The second-order valence-electron chi connectivity index (χ2n) is 7.09. The molecule has 1 atom stereocenters. The number of aromatic nitrogens is 6. The van der Waals surface area contributed by atoms with E-state index in [-0.39, 0.29) is 17.1 Å². The van der Waals surface area contributed by atoms with Crippen LogP contribution < -0.4 is 5.32 Å². The summed E-state index contributed by atoms with van der Waals surface area (Å²) < 4.78 is 2.97. The van der Waals surface area contributed by atoms with Gasteiger partial charge < -0.3 is 4.57 Å². The molecule has 0 saturated carbocycles. The van der Waals surface area contributed by atoms with Crippen molar-refractivity contribution in [3.05, 3.63) is 27.7 Å². The third-order valence-electron chi connectivity index (χ3n) is 4.62. The highest BCUT2D eigenvalue weighted by molar-refractivity contribution is 9.10. The lowest BCUT2D eigenvalue weighted by Crippen LogP contribution is -2.24. The Bertz CT molecular complexity index is 1240. The van der Waals surface area contributed by atoms with Crippen molar-refractivity contribution >= 4 is 72.1 Å². The number of nitrogens with zero attached hydrogens (tertiary/aromatic N) is 6. The largest absolute Gasteiger partial charge is 0.327 e. The van der Waals surface area contributed by atoms with E-state index in [1.54, 1.807) is 0 Å². The number of benzene rings is 1. The zero-order chi connectivity index (χ0) is 21.4. The lowest BCUT2D eigenvalue weighted by molar-refractivity contribution is -0.115. The minimum absolute atomic E-state index is 0.140. The summed E-state index contributed by atoms with van der Waals surface area (Å²) in [6.45, 7) is 6.04. The molecule has 1 unspecified atom stereocenters. The number of carbonyl (C=O) groups excluding carboxylic acids is 1. The highest BCUT2D eigenvalue weighted by Crippen LogP contribution is 2.30. The van der Waals surface area contributed by atoms with Crippen molar-refractivity contribution in [1.29, 1.82) is 0 Å². The van der Waals surface area contributed by atoms with Gasteiger partial charge in [0, 0.05) is 22.8 Å². The summed E-state index contributed by atoms with van der Waals surface area (Å²) in [5, 5.41) is 22.2. The number of hydrogen-bond donors (Lipinski definition) is 1. The molecule has 3 heterocycles. The molecule has 0 fully saturated rings. The van der Waals surface area contributed by atoms with Gasteiger partial charge in [0.25, 0.3) is 0 Å². The molecule has 0 aliphatic heterocycles. The van der Waals surface area contributed by atoms with Gasteiger partial charge in [-0.1, -0.05) is 59.8 Å². The molecule has 0 saturated heterocycles. The van der Waals surface area contributed by atoms with Crippen molar-refractivity contribution in [1.82, 2.24) is 29.9 Å². The third-order valence-corrected chi connectivity index (χ3v) is 7.47. The quantitative estimate of drug-likeness (QED) is 0.377. The van der Waals surface area contributed by atoms with Crippen molar-refractivity contribution in [3.8, 4) is 0 Å². The van der Waals surface area contributed by atoms with Crippen LogP contribution in [0, 0.1) is 0 Å². The molecule has 8 nitrogen and oxygen atoms in total. The standard InChI is InChI=1S/C19H20BrN7OS2/c1-5-13(16(28)22-19-26-24-17(30-19)9(2)3)29-18-21-15-14(23-25-18)11-8-10(20)6-7-12(11)27(15)4/h6-9,13H,5H2,1-4H3,(H,22,26,28). The van der Waals surface area contributed by atoms with Crippen LogP contribution >= 0.6 is 39.0 Å². The SMILES string of the molecule is CCC(Sc1nnc2c3cc(Br)ccc3n(C)c2n1)C(=O)Nc1nnc(C(C)C)s1. The second-order valence-corrected chi connectivity index (χ2v) is 10.2. The van der Waals surface area contributed by atoms with Crippen molar-refractivity contribution in [2.75, 3.05) is 5.32 Å². The predicted molar refractivity (Wildman–Crippen MR) is 124 cm³/mol. The predicted octanol–water partition coefficient (Wildman–Crippen LogP) is 4.76. The first-order valence-electron chi connectivity index (χ1n) is 9.46. The second kappa shape index (κ2) is 8.56. The molecule has 1 amide bonds. The zero-order valence-electron chi connectivity index (χ0n) is 16.9. The number of nitrogens with one attached hydrogen (secondary N) is 1. The first-order valence-corrected chi connectivity index (χ1v) is 12.0.